The second-order valence-corrected chi connectivity index (χ2v) is 6.03. The smallest absolute Gasteiger partial charge is 0.252 e. The molecule has 0 N–H and O–H groups in total. The van der Waals surface area contributed by atoms with Crippen LogP contribution in [-0.2, 0) is 17.9 Å². The molecular formula is C19H34NO+. The Kier molecular flexibility index (Phi) is 10.1. The highest BCUT2D eigenvalue weighted by Crippen LogP contribution is 2.08. The predicted molar refractivity (Wildman–Crippen MR) is 89.3 cm³/mol. The van der Waals surface area contributed by atoms with Crippen LogP contribution >= 0.6 is 0 Å². The molecule has 1 aromatic heterocycles. The van der Waals surface area contributed by atoms with Crippen molar-refractivity contribution >= 4 is 0 Å². The normalized spacial score (nSPS) is 11.0. The first-order valence-corrected chi connectivity index (χ1v) is 8.84. The third-order valence-corrected chi connectivity index (χ3v) is 4.10. The van der Waals surface area contributed by atoms with Crippen LogP contribution in [0.4, 0.5) is 0 Å². The minimum atomic E-state index is 0.682. The Morgan fingerprint density at radius 2 is 1.62 bits per heavy atom. The van der Waals surface area contributed by atoms with Gasteiger partial charge in [-0.2, -0.15) is 4.57 Å². The molecule has 1 rings (SSSR count). The van der Waals surface area contributed by atoms with Gasteiger partial charge in [-0.05, 0) is 25.3 Å². The van der Waals surface area contributed by atoms with Gasteiger partial charge in [0.15, 0.2) is 12.4 Å². The molecule has 0 saturated carbocycles. The maximum Gasteiger partial charge on any atom is 0.252 e. The van der Waals surface area contributed by atoms with Crippen molar-refractivity contribution in [2.24, 2.45) is 0 Å². The van der Waals surface area contributed by atoms with Crippen molar-refractivity contribution in [3.8, 4) is 0 Å². The van der Waals surface area contributed by atoms with Gasteiger partial charge in [0.1, 0.15) is 0 Å². The van der Waals surface area contributed by atoms with Gasteiger partial charge >= 0.3 is 0 Å². The van der Waals surface area contributed by atoms with E-state index in [9.17, 15) is 0 Å². The molecule has 2 heteroatoms. The number of hydrogen-bond acceptors (Lipinski definition) is 1. The van der Waals surface area contributed by atoms with Gasteiger partial charge in [0.25, 0.3) is 6.73 Å². The summed E-state index contributed by atoms with van der Waals surface area (Å²) in [5, 5.41) is 0. The third kappa shape index (κ3) is 8.21. The number of nitrogens with zero attached hydrogens (tertiary/aromatic N) is 1. The molecule has 0 radical (unpaired) electrons. The molecular weight excluding hydrogens is 258 g/mol. The van der Waals surface area contributed by atoms with Gasteiger partial charge in [-0.15, -0.1) is 0 Å². The number of unbranched alkanes of at least 4 members (excludes halogenated alkanes) is 7. The quantitative estimate of drug-likeness (QED) is 0.392. The molecule has 0 aliphatic rings. The van der Waals surface area contributed by atoms with Gasteiger partial charge in [-0.1, -0.05) is 58.8 Å². The Morgan fingerprint density at radius 1 is 0.952 bits per heavy atom. The first-order chi connectivity index (χ1) is 10.3. The molecule has 120 valence electrons. The number of rotatable bonds is 12. The van der Waals surface area contributed by atoms with Crippen LogP contribution in [0.5, 0.6) is 0 Å². The predicted octanol–water partition coefficient (Wildman–Crippen LogP) is 4.96. The van der Waals surface area contributed by atoms with Crippen molar-refractivity contribution in [3.05, 3.63) is 29.6 Å². The fourth-order valence-electron chi connectivity index (χ4n) is 2.68. The third-order valence-electron chi connectivity index (χ3n) is 4.10. The highest BCUT2D eigenvalue weighted by molar-refractivity contribution is 5.18. The first-order valence-electron chi connectivity index (χ1n) is 8.84. The van der Waals surface area contributed by atoms with Crippen molar-refractivity contribution in [2.75, 3.05) is 6.61 Å². The molecule has 0 atom stereocenters. The summed E-state index contributed by atoms with van der Waals surface area (Å²) < 4.78 is 7.89. The van der Waals surface area contributed by atoms with E-state index in [-0.39, 0.29) is 0 Å². The summed E-state index contributed by atoms with van der Waals surface area (Å²) in [5.41, 5.74) is 2.78. The SMILES string of the molecule is CCCCCCCCCCOC[n+]1ccc(CC)c(C)c1. The van der Waals surface area contributed by atoms with E-state index in [0.717, 1.165) is 13.0 Å². The van der Waals surface area contributed by atoms with Crippen molar-refractivity contribution in [3.63, 3.8) is 0 Å². The standard InChI is InChI=1S/C19H34NO/c1-4-6-7-8-9-10-11-12-15-21-17-20-14-13-19(5-2)18(3)16-20/h13-14,16H,4-12,15,17H2,1-3H3/q+1. The van der Waals surface area contributed by atoms with Crippen molar-refractivity contribution < 1.29 is 9.30 Å². The zero-order valence-electron chi connectivity index (χ0n) is 14.4. The van der Waals surface area contributed by atoms with Crippen LogP contribution in [-0.4, -0.2) is 6.61 Å². The Bertz CT molecular complexity index is 376. The monoisotopic (exact) mass is 292 g/mol. The van der Waals surface area contributed by atoms with Gasteiger partial charge in [-0.25, -0.2) is 0 Å². The lowest BCUT2D eigenvalue weighted by atomic mass is 10.1. The molecule has 2 nitrogen and oxygen atoms in total. The molecule has 0 spiro atoms. The lowest BCUT2D eigenvalue weighted by molar-refractivity contribution is -0.733. The van der Waals surface area contributed by atoms with Crippen LogP contribution in [0.1, 0.15) is 76.3 Å². The van der Waals surface area contributed by atoms with Crippen LogP contribution in [0.3, 0.4) is 0 Å². The second kappa shape index (κ2) is 11.7. The zero-order chi connectivity index (χ0) is 15.3. The van der Waals surface area contributed by atoms with E-state index >= 15 is 0 Å². The average Bonchev–Trinajstić information content (AvgIpc) is 2.49. The highest BCUT2D eigenvalue weighted by Gasteiger charge is 2.04. The summed E-state index contributed by atoms with van der Waals surface area (Å²) in [7, 11) is 0. The number of hydrogen-bond donors (Lipinski definition) is 0. The number of pyridine rings is 1. The van der Waals surface area contributed by atoms with Crippen molar-refractivity contribution in [1.29, 1.82) is 0 Å². The second-order valence-electron chi connectivity index (χ2n) is 6.03. The van der Waals surface area contributed by atoms with Gasteiger partial charge in [0, 0.05) is 11.6 Å². The minimum absolute atomic E-state index is 0.682. The van der Waals surface area contributed by atoms with E-state index in [2.05, 4.69) is 43.8 Å². The average molecular weight is 292 g/mol. The summed E-state index contributed by atoms with van der Waals surface area (Å²) in [6, 6.07) is 2.20. The molecule has 1 aromatic rings. The number of ether oxygens (including phenoxy) is 1. The summed E-state index contributed by atoms with van der Waals surface area (Å²) in [6.45, 7) is 8.21. The molecule has 0 aliphatic carbocycles. The largest absolute Gasteiger partial charge is 0.323 e. The maximum atomic E-state index is 5.76. The highest BCUT2D eigenvalue weighted by atomic mass is 16.5. The van der Waals surface area contributed by atoms with Gasteiger partial charge in [0.2, 0.25) is 0 Å². The van der Waals surface area contributed by atoms with E-state index in [0.29, 0.717) is 6.73 Å². The number of aryl methyl sites for hydroxylation is 2. The Hall–Kier alpha value is -0.890. The molecule has 0 fully saturated rings. The van der Waals surface area contributed by atoms with Gasteiger partial charge < -0.3 is 4.74 Å². The molecule has 0 amide bonds. The van der Waals surface area contributed by atoms with E-state index in [4.69, 9.17) is 4.74 Å². The minimum Gasteiger partial charge on any atom is -0.323 e. The lowest BCUT2D eigenvalue weighted by Crippen LogP contribution is -2.35. The van der Waals surface area contributed by atoms with Crippen LogP contribution in [0, 0.1) is 6.92 Å². The summed E-state index contributed by atoms with van der Waals surface area (Å²) in [4.78, 5) is 0. The van der Waals surface area contributed by atoms with Crippen LogP contribution in [0.25, 0.3) is 0 Å². The van der Waals surface area contributed by atoms with Crippen LogP contribution in [0.2, 0.25) is 0 Å². The first kappa shape index (κ1) is 18.2. The Morgan fingerprint density at radius 3 is 2.24 bits per heavy atom. The Labute approximate surface area is 131 Å². The number of aromatic nitrogens is 1. The molecule has 0 saturated heterocycles. The van der Waals surface area contributed by atoms with E-state index in [1.165, 1.54) is 62.5 Å². The Balaban J connectivity index is 2.00. The van der Waals surface area contributed by atoms with E-state index in [1.54, 1.807) is 0 Å². The molecule has 0 aliphatic heterocycles. The molecule has 0 aromatic carbocycles. The van der Waals surface area contributed by atoms with Crippen LogP contribution < -0.4 is 4.57 Å². The molecule has 21 heavy (non-hydrogen) atoms. The van der Waals surface area contributed by atoms with Crippen LogP contribution in [0.15, 0.2) is 18.5 Å². The topological polar surface area (TPSA) is 13.1 Å². The summed E-state index contributed by atoms with van der Waals surface area (Å²) in [6.07, 6.45) is 16.2. The van der Waals surface area contributed by atoms with Crippen molar-refractivity contribution in [1.82, 2.24) is 0 Å². The zero-order valence-corrected chi connectivity index (χ0v) is 14.4. The lowest BCUT2D eigenvalue weighted by Gasteiger charge is -2.04. The van der Waals surface area contributed by atoms with E-state index in [1.807, 2.05) is 0 Å². The van der Waals surface area contributed by atoms with Gasteiger partial charge in [0.05, 0.1) is 6.61 Å². The summed E-state index contributed by atoms with van der Waals surface area (Å²) >= 11 is 0. The fraction of sp³-hybridized carbons (Fsp3) is 0.737. The summed E-state index contributed by atoms with van der Waals surface area (Å²) in [5.74, 6) is 0. The van der Waals surface area contributed by atoms with E-state index < -0.39 is 0 Å². The van der Waals surface area contributed by atoms with Crippen molar-refractivity contribution in [2.45, 2.75) is 85.3 Å². The fourth-order valence-corrected chi connectivity index (χ4v) is 2.68. The maximum absolute atomic E-state index is 5.76. The molecule has 0 unspecified atom stereocenters. The molecule has 1 heterocycles. The van der Waals surface area contributed by atoms with Gasteiger partial charge in [-0.3, -0.25) is 0 Å². The molecule has 0 bridgehead atoms.